The molecular formula is C66H67N4OPt-3. The molecule has 0 N–H and O–H groups in total. The normalized spacial score (nSPS) is 13.4. The molecule has 0 amide bonds. The number of pyridine rings is 1. The van der Waals surface area contributed by atoms with Crippen molar-refractivity contribution in [3.63, 3.8) is 0 Å². The zero-order valence-corrected chi connectivity index (χ0v) is 46.5. The van der Waals surface area contributed by atoms with Crippen LogP contribution in [0.2, 0.25) is 0 Å². The molecule has 0 fully saturated rings. The average Bonchev–Trinajstić information content (AvgIpc) is 3.89. The van der Waals surface area contributed by atoms with Crippen LogP contribution in [0.5, 0.6) is 11.5 Å². The fraction of sp³-hybridized carbons (Fsp3) is 0.273. The predicted octanol–water partition coefficient (Wildman–Crippen LogP) is 17.5. The minimum absolute atomic E-state index is 0. The van der Waals surface area contributed by atoms with Crippen LogP contribution in [-0.2, 0) is 48.1 Å². The maximum Gasteiger partial charge on any atom is 0.135 e. The van der Waals surface area contributed by atoms with E-state index in [0.717, 1.165) is 50.4 Å². The number of aromatic nitrogens is 2. The molecule has 0 unspecified atom stereocenters. The summed E-state index contributed by atoms with van der Waals surface area (Å²) in [5.41, 5.74) is 14.4. The first-order valence-corrected chi connectivity index (χ1v) is 25.1. The smallest absolute Gasteiger partial charge is 0.135 e. The van der Waals surface area contributed by atoms with Gasteiger partial charge in [-0.2, -0.15) is 12.1 Å². The molecule has 72 heavy (non-hydrogen) atoms. The number of hydrogen-bond acceptors (Lipinski definition) is 4. The molecule has 0 saturated carbocycles. The number of benzene rings is 7. The molecule has 2 aromatic heterocycles. The van der Waals surface area contributed by atoms with Crippen LogP contribution < -0.4 is 14.5 Å². The summed E-state index contributed by atoms with van der Waals surface area (Å²) in [6, 6.07) is 64.3. The minimum atomic E-state index is -0.243. The third-order valence-electron chi connectivity index (χ3n) is 14.8. The second-order valence-corrected chi connectivity index (χ2v) is 23.6. The molecule has 7 aromatic carbocycles. The van der Waals surface area contributed by atoms with E-state index in [1.54, 1.807) is 0 Å². The summed E-state index contributed by atoms with van der Waals surface area (Å²) in [6.07, 6.45) is 1.93. The van der Waals surface area contributed by atoms with Crippen molar-refractivity contribution in [2.45, 2.75) is 117 Å². The third kappa shape index (κ3) is 9.30. The maximum absolute atomic E-state index is 6.82. The number of fused-ring (bicyclic) bond motifs is 4. The molecule has 0 spiro atoms. The van der Waals surface area contributed by atoms with Crippen molar-refractivity contribution in [3.8, 4) is 17.3 Å². The third-order valence-corrected chi connectivity index (χ3v) is 14.8. The van der Waals surface area contributed by atoms with E-state index in [0.29, 0.717) is 11.5 Å². The Labute approximate surface area is 443 Å². The van der Waals surface area contributed by atoms with Gasteiger partial charge in [0.15, 0.2) is 0 Å². The Kier molecular flexibility index (Phi) is 13.0. The Bertz CT molecular complexity index is 3440. The van der Waals surface area contributed by atoms with Crippen molar-refractivity contribution in [1.82, 2.24) is 9.55 Å². The Morgan fingerprint density at radius 2 is 1.03 bits per heavy atom. The standard InChI is InChI=1S/C66H67N4O.Pt/c1-62(2,3)46-30-33-57-54(37-46)53-32-31-52(40-58(53)70(57)61-38-48(34-35-67-61)66(12,13)45-24-18-15-19-25-45)71-51-29-21-28-50(39-51)69-43-68(59-41-55(63(4,5)6)56(42-60(59)69)64(7,8)9)49-27-20-26-47(36-49)65(10,11)44-22-16-14-17-23-44;/h14-38,41-43H,1-13H3;/q-3;. The van der Waals surface area contributed by atoms with Gasteiger partial charge in [-0.05, 0) is 103 Å². The van der Waals surface area contributed by atoms with Gasteiger partial charge in [-0.1, -0.05) is 180 Å². The molecule has 5 nitrogen and oxygen atoms in total. The summed E-state index contributed by atoms with van der Waals surface area (Å²) in [5.74, 6) is 2.04. The Balaban J connectivity index is 0.00000640. The van der Waals surface area contributed by atoms with Crippen molar-refractivity contribution >= 4 is 44.6 Å². The summed E-state index contributed by atoms with van der Waals surface area (Å²) in [4.78, 5) is 9.65. The van der Waals surface area contributed by atoms with Crippen molar-refractivity contribution in [3.05, 3.63) is 222 Å². The van der Waals surface area contributed by atoms with E-state index in [1.807, 2.05) is 18.3 Å². The van der Waals surface area contributed by atoms with E-state index in [-0.39, 0.29) is 48.1 Å². The fourth-order valence-corrected chi connectivity index (χ4v) is 10.3. The molecule has 3 heterocycles. The average molecular weight is 1130 g/mol. The van der Waals surface area contributed by atoms with Crippen LogP contribution in [0.4, 0.5) is 22.7 Å². The topological polar surface area (TPSA) is 33.5 Å². The molecule has 1 aliphatic rings. The van der Waals surface area contributed by atoms with Crippen molar-refractivity contribution in [2.75, 3.05) is 9.80 Å². The SMILES string of the molecule is CC(C)(C)c1ccc2c(c1)c1ccc(Oc3[c-]c(N4[CH-]N(c5cccc(C(C)(C)c6ccccc6)c5)c5cc(C(C)(C)C)c(C(C)(C)C)cc54)ccc3)[c-]c1n2-c1cc(C(C)(C)c2ccccc2)ccn1.[Pt]. The molecule has 1 aliphatic heterocycles. The van der Waals surface area contributed by atoms with Gasteiger partial charge < -0.3 is 19.1 Å². The van der Waals surface area contributed by atoms with E-state index < -0.39 is 0 Å². The molecule has 0 saturated heterocycles. The fourth-order valence-electron chi connectivity index (χ4n) is 10.3. The van der Waals surface area contributed by atoms with Crippen molar-refractivity contribution in [1.29, 1.82) is 0 Å². The van der Waals surface area contributed by atoms with E-state index in [9.17, 15) is 0 Å². The van der Waals surface area contributed by atoms with E-state index in [2.05, 4.69) is 269 Å². The molecule has 0 aliphatic carbocycles. The summed E-state index contributed by atoms with van der Waals surface area (Å²) in [5, 5.41) is 2.25. The second-order valence-electron chi connectivity index (χ2n) is 23.6. The number of anilines is 4. The van der Waals surface area contributed by atoms with Crippen LogP contribution >= 0.6 is 0 Å². The quantitative estimate of drug-likeness (QED) is 0.135. The molecule has 10 rings (SSSR count). The van der Waals surface area contributed by atoms with Gasteiger partial charge >= 0.3 is 0 Å². The number of hydrogen-bond donors (Lipinski definition) is 0. The maximum atomic E-state index is 6.82. The molecule has 370 valence electrons. The zero-order chi connectivity index (χ0) is 50.3. The van der Waals surface area contributed by atoms with Crippen LogP contribution in [0, 0.1) is 18.8 Å². The van der Waals surface area contributed by atoms with Crippen LogP contribution in [0.1, 0.15) is 129 Å². The molecule has 0 radical (unpaired) electrons. The predicted molar refractivity (Wildman–Crippen MR) is 297 cm³/mol. The van der Waals surface area contributed by atoms with Crippen LogP contribution in [0.15, 0.2) is 164 Å². The van der Waals surface area contributed by atoms with E-state index in [4.69, 9.17) is 9.72 Å². The molecular weight excluding hydrogens is 1060 g/mol. The van der Waals surface area contributed by atoms with Gasteiger partial charge in [0.25, 0.3) is 0 Å². The van der Waals surface area contributed by atoms with Crippen molar-refractivity contribution in [2.24, 2.45) is 0 Å². The Morgan fingerprint density at radius 1 is 0.458 bits per heavy atom. The Hall–Kier alpha value is -6.42. The summed E-state index contributed by atoms with van der Waals surface area (Å²) in [7, 11) is 0. The van der Waals surface area contributed by atoms with Gasteiger partial charge in [0.1, 0.15) is 5.82 Å². The first-order chi connectivity index (χ1) is 33.6. The van der Waals surface area contributed by atoms with Gasteiger partial charge in [0, 0.05) is 72.2 Å². The minimum Gasteiger partial charge on any atom is -0.509 e. The van der Waals surface area contributed by atoms with E-state index in [1.165, 1.54) is 38.9 Å². The van der Waals surface area contributed by atoms with E-state index >= 15 is 0 Å². The number of nitrogens with zero attached hydrogens (tertiary/aromatic N) is 4. The van der Waals surface area contributed by atoms with Crippen LogP contribution in [0.3, 0.4) is 0 Å². The van der Waals surface area contributed by atoms with Crippen LogP contribution in [-0.4, -0.2) is 9.55 Å². The first-order valence-electron chi connectivity index (χ1n) is 25.1. The Morgan fingerprint density at radius 3 is 1.64 bits per heavy atom. The number of rotatable bonds is 9. The molecule has 9 aromatic rings. The first kappa shape index (κ1) is 50.5. The van der Waals surface area contributed by atoms with Gasteiger partial charge in [0.05, 0.1) is 0 Å². The van der Waals surface area contributed by atoms with Gasteiger partial charge in [-0.3, -0.25) is 0 Å². The molecule has 6 heteroatoms. The monoisotopic (exact) mass is 1130 g/mol. The zero-order valence-electron chi connectivity index (χ0n) is 44.2. The molecule has 0 bridgehead atoms. The second kappa shape index (κ2) is 18.6. The largest absolute Gasteiger partial charge is 0.509 e. The van der Waals surface area contributed by atoms with Crippen molar-refractivity contribution < 1.29 is 25.8 Å². The summed E-state index contributed by atoms with van der Waals surface area (Å²) >= 11 is 0. The van der Waals surface area contributed by atoms with Gasteiger partial charge in [0.2, 0.25) is 0 Å². The van der Waals surface area contributed by atoms with Gasteiger partial charge in [-0.15, -0.1) is 48.1 Å². The van der Waals surface area contributed by atoms with Gasteiger partial charge in [-0.25, -0.2) is 4.98 Å². The van der Waals surface area contributed by atoms with Crippen LogP contribution in [0.25, 0.3) is 27.6 Å². The molecule has 0 atom stereocenters. The summed E-state index contributed by atoms with van der Waals surface area (Å²) in [6.45, 7) is 32.1. The summed E-state index contributed by atoms with van der Waals surface area (Å²) < 4.78 is 9.07. The number of ether oxygens (including phenoxy) is 1.